The van der Waals surface area contributed by atoms with Gasteiger partial charge in [-0.05, 0) is 31.2 Å². The molecule has 4 unspecified atom stereocenters. The molecule has 0 aromatic rings. The third kappa shape index (κ3) is 0.724. The first-order valence-corrected chi connectivity index (χ1v) is 4.74. The van der Waals surface area contributed by atoms with Gasteiger partial charge in [0.05, 0.1) is 5.92 Å². The van der Waals surface area contributed by atoms with Crippen molar-refractivity contribution >= 4 is 5.97 Å². The zero-order valence-corrected chi connectivity index (χ0v) is 6.94. The number of nitrogens with zero attached hydrogens (tertiary/aromatic N) is 1. The molecule has 2 heterocycles. The molecular weight excluding hydrogens is 154 g/mol. The molecule has 66 valence electrons. The lowest BCUT2D eigenvalue weighted by atomic mass is 9.97. The minimum absolute atomic E-state index is 0.0532. The Morgan fingerprint density at radius 3 is 3.08 bits per heavy atom. The molecule has 2 aliphatic heterocycles. The number of hydrogen-bond donors (Lipinski definition) is 1. The minimum atomic E-state index is -0.574. The van der Waals surface area contributed by atoms with Crippen LogP contribution < -0.4 is 0 Å². The van der Waals surface area contributed by atoms with Gasteiger partial charge in [-0.1, -0.05) is 0 Å². The lowest BCUT2D eigenvalue weighted by molar-refractivity contribution is -0.142. The number of fused-ring (bicyclic) bond motifs is 3. The van der Waals surface area contributed by atoms with Gasteiger partial charge in [0.15, 0.2) is 0 Å². The van der Waals surface area contributed by atoms with E-state index in [9.17, 15) is 4.79 Å². The average molecular weight is 167 g/mol. The fourth-order valence-corrected chi connectivity index (χ4v) is 3.13. The van der Waals surface area contributed by atoms with Gasteiger partial charge in [-0.15, -0.1) is 0 Å². The molecule has 0 amide bonds. The van der Waals surface area contributed by atoms with E-state index in [2.05, 4.69) is 4.90 Å². The first-order valence-electron chi connectivity index (χ1n) is 4.74. The number of rotatable bonds is 1. The molecule has 3 rings (SSSR count). The van der Waals surface area contributed by atoms with Crippen LogP contribution in [-0.4, -0.2) is 35.1 Å². The van der Waals surface area contributed by atoms with Gasteiger partial charge in [0.1, 0.15) is 0 Å². The third-order valence-electron chi connectivity index (χ3n) is 3.76. The van der Waals surface area contributed by atoms with E-state index in [1.165, 1.54) is 13.0 Å². The third-order valence-corrected chi connectivity index (χ3v) is 3.76. The highest BCUT2D eigenvalue weighted by molar-refractivity contribution is 5.71. The van der Waals surface area contributed by atoms with Gasteiger partial charge < -0.3 is 5.11 Å². The maximum atomic E-state index is 10.9. The van der Waals surface area contributed by atoms with Crippen molar-refractivity contribution in [2.45, 2.75) is 18.9 Å². The van der Waals surface area contributed by atoms with Gasteiger partial charge >= 0.3 is 5.97 Å². The highest BCUT2D eigenvalue weighted by atomic mass is 16.4. The predicted octanol–water partition coefficient (Wildman–Crippen LogP) is 0.411. The monoisotopic (exact) mass is 167 g/mol. The lowest BCUT2D eigenvalue weighted by Gasteiger charge is -2.20. The summed E-state index contributed by atoms with van der Waals surface area (Å²) in [7, 11) is 0. The Morgan fingerprint density at radius 2 is 2.33 bits per heavy atom. The van der Waals surface area contributed by atoms with E-state index >= 15 is 0 Å². The van der Waals surface area contributed by atoms with E-state index in [-0.39, 0.29) is 5.92 Å². The van der Waals surface area contributed by atoms with Crippen LogP contribution in [0, 0.1) is 17.8 Å². The molecule has 0 spiro atoms. The van der Waals surface area contributed by atoms with E-state index in [0.717, 1.165) is 24.8 Å². The van der Waals surface area contributed by atoms with E-state index in [0.29, 0.717) is 6.04 Å². The van der Waals surface area contributed by atoms with E-state index in [1.54, 1.807) is 0 Å². The molecule has 4 atom stereocenters. The molecule has 2 saturated heterocycles. The highest BCUT2D eigenvalue weighted by Crippen LogP contribution is 2.54. The Labute approximate surface area is 71.4 Å². The molecule has 1 saturated carbocycles. The Morgan fingerprint density at radius 1 is 1.50 bits per heavy atom. The van der Waals surface area contributed by atoms with Crippen LogP contribution in [-0.2, 0) is 4.79 Å². The summed E-state index contributed by atoms with van der Waals surface area (Å²) in [6, 6.07) is 0.410. The molecule has 0 radical (unpaired) electrons. The normalized spacial score (nSPS) is 50.3. The van der Waals surface area contributed by atoms with Crippen LogP contribution in [0.5, 0.6) is 0 Å². The summed E-state index contributed by atoms with van der Waals surface area (Å²) in [5.41, 5.74) is 0. The van der Waals surface area contributed by atoms with E-state index in [4.69, 9.17) is 5.11 Å². The first kappa shape index (κ1) is 6.89. The largest absolute Gasteiger partial charge is 0.481 e. The maximum absolute atomic E-state index is 10.9. The van der Waals surface area contributed by atoms with Gasteiger partial charge in [-0.25, -0.2) is 0 Å². The highest BCUT2D eigenvalue weighted by Gasteiger charge is 2.58. The van der Waals surface area contributed by atoms with Crippen molar-refractivity contribution in [3.05, 3.63) is 0 Å². The van der Waals surface area contributed by atoms with Crippen molar-refractivity contribution < 1.29 is 9.90 Å². The van der Waals surface area contributed by atoms with E-state index < -0.39 is 5.97 Å². The van der Waals surface area contributed by atoms with Crippen molar-refractivity contribution in [1.82, 2.24) is 4.90 Å². The summed E-state index contributed by atoms with van der Waals surface area (Å²) < 4.78 is 0. The Kier molecular flexibility index (Phi) is 1.16. The SMILES string of the molecule is O=C(O)C1CCN2CC3CC3C12. The first-order chi connectivity index (χ1) is 5.77. The standard InChI is InChI=1S/C9H13NO2/c11-9(12)6-1-2-10-4-5-3-7(5)8(6)10/h5-8H,1-4H2,(H,11,12). The quantitative estimate of drug-likeness (QED) is 0.615. The minimum Gasteiger partial charge on any atom is -0.481 e. The molecule has 3 fully saturated rings. The maximum Gasteiger partial charge on any atom is 0.308 e. The number of carboxylic acid groups (broad SMARTS) is 1. The topological polar surface area (TPSA) is 40.5 Å². The fourth-order valence-electron chi connectivity index (χ4n) is 3.13. The second-order valence-electron chi connectivity index (χ2n) is 4.38. The van der Waals surface area contributed by atoms with E-state index in [1.807, 2.05) is 0 Å². The van der Waals surface area contributed by atoms with Gasteiger partial charge in [0.25, 0.3) is 0 Å². The summed E-state index contributed by atoms with van der Waals surface area (Å²) >= 11 is 0. The molecule has 3 heteroatoms. The molecule has 3 aliphatic rings. The zero-order valence-electron chi connectivity index (χ0n) is 6.94. The van der Waals surface area contributed by atoms with Crippen LogP contribution in [0.15, 0.2) is 0 Å². The summed E-state index contributed by atoms with van der Waals surface area (Å²) in [6.07, 6.45) is 2.17. The second-order valence-corrected chi connectivity index (χ2v) is 4.38. The van der Waals surface area contributed by atoms with Crippen molar-refractivity contribution in [2.75, 3.05) is 13.1 Å². The van der Waals surface area contributed by atoms with Crippen LogP contribution in [0.3, 0.4) is 0 Å². The number of carboxylic acids is 1. The summed E-state index contributed by atoms with van der Waals surface area (Å²) in [5, 5.41) is 8.97. The zero-order chi connectivity index (χ0) is 8.29. The smallest absolute Gasteiger partial charge is 0.308 e. The molecule has 1 aliphatic carbocycles. The van der Waals surface area contributed by atoms with Crippen molar-refractivity contribution in [3.8, 4) is 0 Å². The molecular formula is C9H13NO2. The van der Waals surface area contributed by atoms with Crippen LogP contribution in [0.25, 0.3) is 0 Å². The summed E-state index contributed by atoms with van der Waals surface area (Å²) in [6.45, 7) is 2.20. The number of piperidine rings is 1. The van der Waals surface area contributed by atoms with Crippen molar-refractivity contribution in [2.24, 2.45) is 17.8 Å². The number of hydrogen-bond acceptors (Lipinski definition) is 2. The molecule has 3 nitrogen and oxygen atoms in total. The van der Waals surface area contributed by atoms with Crippen molar-refractivity contribution in [3.63, 3.8) is 0 Å². The summed E-state index contributed by atoms with van der Waals surface area (Å²) in [5.74, 6) is 0.975. The number of carbonyl (C=O) groups is 1. The average Bonchev–Trinajstić information content (AvgIpc) is 2.53. The Balaban J connectivity index is 1.85. The van der Waals surface area contributed by atoms with Crippen LogP contribution in [0.1, 0.15) is 12.8 Å². The van der Waals surface area contributed by atoms with Crippen molar-refractivity contribution in [1.29, 1.82) is 0 Å². The van der Waals surface area contributed by atoms with Crippen LogP contribution >= 0.6 is 0 Å². The Hall–Kier alpha value is -0.570. The number of aliphatic carboxylic acids is 1. The molecule has 12 heavy (non-hydrogen) atoms. The predicted molar refractivity (Wildman–Crippen MR) is 42.7 cm³/mol. The molecule has 0 aromatic carbocycles. The molecule has 0 bridgehead atoms. The van der Waals surface area contributed by atoms with Gasteiger partial charge in [-0.2, -0.15) is 0 Å². The summed E-state index contributed by atoms with van der Waals surface area (Å²) in [4.78, 5) is 13.3. The van der Waals surface area contributed by atoms with Gasteiger partial charge in [0.2, 0.25) is 0 Å². The van der Waals surface area contributed by atoms with Crippen LogP contribution in [0.4, 0.5) is 0 Å². The molecule has 1 N–H and O–H groups in total. The molecule has 0 aromatic heterocycles. The second kappa shape index (κ2) is 2.02. The Bertz CT molecular complexity index is 241. The van der Waals surface area contributed by atoms with Gasteiger partial charge in [0, 0.05) is 12.6 Å². The van der Waals surface area contributed by atoms with Gasteiger partial charge in [-0.3, -0.25) is 9.69 Å². The van der Waals surface area contributed by atoms with Crippen LogP contribution in [0.2, 0.25) is 0 Å². The lowest BCUT2D eigenvalue weighted by Crippen LogP contribution is -2.33. The fraction of sp³-hybridized carbons (Fsp3) is 0.889.